The molecule has 0 aromatic heterocycles. The highest BCUT2D eigenvalue weighted by molar-refractivity contribution is 5.79. The van der Waals surface area contributed by atoms with Gasteiger partial charge in [-0.1, -0.05) is 45.0 Å². The van der Waals surface area contributed by atoms with Crippen molar-refractivity contribution in [2.24, 2.45) is 16.4 Å². The maximum Gasteiger partial charge on any atom is 0.308 e. The van der Waals surface area contributed by atoms with E-state index in [1.165, 1.54) is 5.56 Å². The maximum atomic E-state index is 12.1. The Hall–Kier alpha value is -1.92. The lowest BCUT2D eigenvalue weighted by molar-refractivity contribution is -0.225. The van der Waals surface area contributed by atoms with Crippen LogP contribution >= 0.6 is 0 Å². The molecule has 6 heteroatoms. The predicted molar refractivity (Wildman–Crippen MR) is 119 cm³/mol. The van der Waals surface area contributed by atoms with E-state index in [1.54, 1.807) is 6.21 Å². The Balaban J connectivity index is 1.45. The monoisotopic (exact) mass is 415 g/mol. The molecule has 1 aromatic carbocycles. The molecule has 3 rings (SSSR count). The van der Waals surface area contributed by atoms with Crippen LogP contribution in [0.1, 0.15) is 82.8 Å². The second-order valence-electron chi connectivity index (χ2n) is 10.1. The number of carbonyl (C=O) groups is 1. The molecule has 0 amide bonds. The molecule has 0 spiro atoms. The summed E-state index contributed by atoms with van der Waals surface area (Å²) in [7, 11) is 0. The van der Waals surface area contributed by atoms with Crippen molar-refractivity contribution in [2.75, 3.05) is 13.1 Å². The summed E-state index contributed by atoms with van der Waals surface area (Å²) >= 11 is 0. The number of carbonyl (C=O) groups excluding carboxylic acids is 1. The first-order valence-corrected chi connectivity index (χ1v) is 11.2. The van der Waals surface area contributed by atoms with Gasteiger partial charge in [0.25, 0.3) is 0 Å². The number of esters is 1. The normalized spacial score (nSPS) is 26.7. The number of piperidine rings is 1. The fraction of sp³-hybridized carbons (Fsp3) is 0.667. The fourth-order valence-corrected chi connectivity index (χ4v) is 4.74. The average Bonchev–Trinajstić information content (AvgIpc) is 2.68. The number of hydrazone groups is 1. The van der Waals surface area contributed by atoms with Gasteiger partial charge >= 0.3 is 5.97 Å². The topological polar surface area (TPSA) is 88.2 Å². The van der Waals surface area contributed by atoms with Gasteiger partial charge in [-0.2, -0.15) is 5.10 Å². The van der Waals surface area contributed by atoms with Crippen LogP contribution in [0, 0.1) is 5.41 Å². The summed E-state index contributed by atoms with van der Waals surface area (Å²) < 4.78 is 5.47. The number of ether oxygens (including phenoxy) is 1. The molecule has 0 bridgehead atoms. The van der Waals surface area contributed by atoms with E-state index < -0.39 is 5.79 Å². The molecule has 1 aliphatic heterocycles. The molecule has 6 nitrogen and oxygen atoms in total. The van der Waals surface area contributed by atoms with E-state index >= 15 is 0 Å². The lowest BCUT2D eigenvalue weighted by Gasteiger charge is -2.43. The number of hydrogen-bond donors (Lipinski definition) is 2. The molecule has 166 valence electrons. The third kappa shape index (κ3) is 6.29. The van der Waals surface area contributed by atoms with Gasteiger partial charge in [0.05, 0.1) is 12.6 Å². The van der Waals surface area contributed by atoms with Crippen molar-refractivity contribution in [3.63, 3.8) is 0 Å². The van der Waals surface area contributed by atoms with E-state index in [-0.39, 0.29) is 11.4 Å². The van der Waals surface area contributed by atoms with Gasteiger partial charge in [-0.3, -0.25) is 4.79 Å². The third-order valence-corrected chi connectivity index (χ3v) is 6.39. The second-order valence-corrected chi connectivity index (χ2v) is 10.1. The molecule has 0 unspecified atom stereocenters. The number of likely N-dealkylation sites (tertiary alicyclic amines) is 1. The lowest BCUT2D eigenvalue weighted by Crippen LogP contribution is -2.48. The van der Waals surface area contributed by atoms with Gasteiger partial charge in [0, 0.05) is 18.9 Å². The Morgan fingerprint density at radius 3 is 2.33 bits per heavy atom. The number of nitrogens with two attached hydrogens (primary N) is 1. The first kappa shape index (κ1) is 22.8. The Kier molecular flexibility index (Phi) is 7.19. The summed E-state index contributed by atoms with van der Waals surface area (Å²) in [4.78, 5) is 14.7. The fourth-order valence-electron chi connectivity index (χ4n) is 4.74. The van der Waals surface area contributed by atoms with Crippen LogP contribution in [0.5, 0.6) is 0 Å². The Morgan fingerprint density at radius 1 is 1.20 bits per heavy atom. The van der Waals surface area contributed by atoms with E-state index in [0.29, 0.717) is 31.2 Å². The molecule has 3 N–H and O–H groups in total. The molecule has 0 radical (unpaired) electrons. The molecule has 2 aliphatic rings. The average molecular weight is 416 g/mol. The summed E-state index contributed by atoms with van der Waals surface area (Å²) in [6.45, 7) is 8.15. The summed E-state index contributed by atoms with van der Waals surface area (Å²) in [5.41, 5.74) is 2.28. The van der Waals surface area contributed by atoms with Gasteiger partial charge in [-0.05, 0) is 61.2 Å². The molecule has 0 atom stereocenters. The third-order valence-electron chi connectivity index (χ3n) is 6.39. The summed E-state index contributed by atoms with van der Waals surface area (Å²) in [5.74, 6) is 4.22. The minimum absolute atomic E-state index is 0.132. The molecule has 1 saturated heterocycles. The zero-order valence-corrected chi connectivity index (χ0v) is 18.6. The van der Waals surface area contributed by atoms with Crippen LogP contribution < -0.4 is 5.84 Å². The molecule has 1 aromatic rings. The van der Waals surface area contributed by atoms with Gasteiger partial charge in [-0.15, -0.1) is 0 Å². The van der Waals surface area contributed by atoms with Crippen molar-refractivity contribution in [3.8, 4) is 0 Å². The standard InChI is InChI=1S/C24H37N3O3/c1-23(2,3)16-22(28)30-24(29)12-8-21(9-13-24)27-14-10-20(11-15-27)19-6-4-18(5-7-19)17-26-25/h4-7,17,20-21,29H,8-16,25H2,1-3H3/b26-17-. The van der Waals surface area contributed by atoms with Crippen LogP contribution in [0.3, 0.4) is 0 Å². The lowest BCUT2D eigenvalue weighted by atomic mass is 9.85. The van der Waals surface area contributed by atoms with E-state index in [1.807, 2.05) is 20.8 Å². The highest BCUT2D eigenvalue weighted by Gasteiger charge is 2.39. The van der Waals surface area contributed by atoms with Gasteiger partial charge in [0.15, 0.2) is 0 Å². The van der Waals surface area contributed by atoms with Crippen molar-refractivity contribution in [1.29, 1.82) is 0 Å². The number of nitrogens with zero attached hydrogens (tertiary/aromatic N) is 2. The maximum absolute atomic E-state index is 12.1. The molecule has 2 fully saturated rings. The van der Waals surface area contributed by atoms with Crippen LogP contribution in [0.2, 0.25) is 0 Å². The van der Waals surface area contributed by atoms with Gasteiger partial charge in [0.2, 0.25) is 5.79 Å². The zero-order chi connectivity index (χ0) is 21.8. The smallest absolute Gasteiger partial charge is 0.308 e. The summed E-state index contributed by atoms with van der Waals surface area (Å²) in [6, 6.07) is 8.98. The van der Waals surface area contributed by atoms with E-state index in [0.717, 1.165) is 44.3 Å². The predicted octanol–water partition coefficient (Wildman–Crippen LogP) is 3.77. The van der Waals surface area contributed by atoms with Crippen LogP contribution in [0.25, 0.3) is 0 Å². The molecular formula is C24H37N3O3. The van der Waals surface area contributed by atoms with Crippen molar-refractivity contribution in [2.45, 2.75) is 83.5 Å². The molecule has 30 heavy (non-hydrogen) atoms. The van der Waals surface area contributed by atoms with Gasteiger partial charge < -0.3 is 20.6 Å². The van der Waals surface area contributed by atoms with Crippen molar-refractivity contribution < 1.29 is 14.6 Å². The molecular weight excluding hydrogens is 378 g/mol. The van der Waals surface area contributed by atoms with Crippen LogP contribution in [0.4, 0.5) is 0 Å². The number of aliphatic hydroxyl groups is 1. The number of hydrogen-bond acceptors (Lipinski definition) is 6. The Morgan fingerprint density at radius 2 is 1.80 bits per heavy atom. The number of benzene rings is 1. The Labute approximate surface area is 180 Å². The number of rotatable bonds is 5. The summed E-state index contributed by atoms with van der Waals surface area (Å²) in [5, 5.41) is 14.3. The highest BCUT2D eigenvalue weighted by Crippen LogP contribution is 2.36. The minimum atomic E-state index is -1.29. The highest BCUT2D eigenvalue weighted by atomic mass is 16.7. The van der Waals surface area contributed by atoms with E-state index in [4.69, 9.17) is 10.6 Å². The Bertz CT molecular complexity index is 723. The molecule has 1 heterocycles. The first-order valence-electron chi connectivity index (χ1n) is 11.2. The van der Waals surface area contributed by atoms with E-state index in [9.17, 15) is 9.90 Å². The van der Waals surface area contributed by atoms with Crippen molar-refractivity contribution in [1.82, 2.24) is 4.90 Å². The van der Waals surface area contributed by atoms with Gasteiger partial charge in [0.1, 0.15) is 0 Å². The van der Waals surface area contributed by atoms with Crippen LogP contribution in [-0.4, -0.2) is 47.1 Å². The van der Waals surface area contributed by atoms with Crippen LogP contribution in [0.15, 0.2) is 29.4 Å². The van der Waals surface area contributed by atoms with E-state index in [2.05, 4.69) is 34.3 Å². The van der Waals surface area contributed by atoms with Crippen LogP contribution in [-0.2, 0) is 9.53 Å². The van der Waals surface area contributed by atoms with Gasteiger partial charge in [-0.25, -0.2) is 0 Å². The first-order chi connectivity index (χ1) is 14.2. The SMILES string of the molecule is CC(C)(C)CC(=O)OC1(O)CCC(N2CCC(c3ccc(/C=N\N)cc3)CC2)CC1. The van der Waals surface area contributed by atoms with Crippen molar-refractivity contribution in [3.05, 3.63) is 35.4 Å². The largest absolute Gasteiger partial charge is 0.433 e. The minimum Gasteiger partial charge on any atom is -0.433 e. The summed E-state index contributed by atoms with van der Waals surface area (Å²) in [6.07, 6.45) is 7.07. The molecule has 1 aliphatic carbocycles. The zero-order valence-electron chi connectivity index (χ0n) is 18.6. The quantitative estimate of drug-likeness (QED) is 0.251. The molecule has 1 saturated carbocycles. The van der Waals surface area contributed by atoms with Crippen molar-refractivity contribution >= 4 is 12.2 Å². The second kappa shape index (κ2) is 9.48.